The zero-order chi connectivity index (χ0) is 5.98. The fraction of sp³-hybridized carbons (Fsp3) is 0. The number of hydrogen-bond acceptors (Lipinski definition) is 4. The van der Waals surface area contributed by atoms with Crippen LogP contribution in [0.2, 0.25) is 0 Å². The molecule has 44 valence electrons. The molecule has 0 aromatic heterocycles. The maximum absolute atomic E-state index is 5.41. The Kier molecular flexibility index (Phi) is 1.36. The van der Waals surface area contributed by atoms with Gasteiger partial charge in [-0.1, -0.05) is 11.6 Å². The molecule has 0 spiro atoms. The molecule has 8 heavy (non-hydrogen) atoms. The zero-order valence-corrected chi connectivity index (χ0v) is 4.76. The molecule has 0 aromatic carbocycles. The topological polar surface area (TPSA) is 53.6 Å². The summed E-state index contributed by atoms with van der Waals surface area (Å²) in [5, 5.41) is 4.97. The summed E-state index contributed by atoms with van der Waals surface area (Å²) in [7, 11) is 0. The van der Waals surface area contributed by atoms with Crippen molar-refractivity contribution in [2.24, 2.45) is 10.9 Å². The molecule has 1 aliphatic rings. The van der Waals surface area contributed by atoms with Gasteiger partial charge < -0.3 is 0 Å². The Morgan fingerprint density at radius 2 is 2.62 bits per heavy atom. The fourth-order valence-corrected chi connectivity index (χ4v) is 0.492. The number of hydrazone groups is 1. The number of hydrazine groups is 2. The highest BCUT2D eigenvalue weighted by Gasteiger charge is 1.95. The summed E-state index contributed by atoms with van der Waals surface area (Å²) < 4.78 is 0. The third kappa shape index (κ3) is 1.11. The van der Waals surface area contributed by atoms with Gasteiger partial charge in [-0.25, -0.2) is 5.84 Å². The van der Waals surface area contributed by atoms with Crippen LogP contribution in [0.15, 0.2) is 17.4 Å². The molecule has 0 saturated heterocycles. The molecule has 4 nitrogen and oxygen atoms in total. The number of nitrogens with zero attached hydrogens (tertiary/aromatic N) is 2. The van der Waals surface area contributed by atoms with Gasteiger partial charge in [0.15, 0.2) is 5.17 Å². The van der Waals surface area contributed by atoms with Crippen LogP contribution in [0.25, 0.3) is 0 Å². The Balaban J connectivity index is 2.63. The molecule has 0 fully saturated rings. The van der Waals surface area contributed by atoms with Crippen LogP contribution >= 0.6 is 11.6 Å². The van der Waals surface area contributed by atoms with Crippen molar-refractivity contribution >= 4 is 16.8 Å². The van der Waals surface area contributed by atoms with Crippen molar-refractivity contribution in [3.05, 3.63) is 12.3 Å². The van der Waals surface area contributed by atoms with Crippen LogP contribution in [-0.2, 0) is 0 Å². The van der Waals surface area contributed by atoms with Crippen molar-refractivity contribution in [3.63, 3.8) is 0 Å². The highest BCUT2D eigenvalue weighted by molar-refractivity contribution is 6.68. The van der Waals surface area contributed by atoms with E-state index in [1.807, 2.05) is 0 Å². The minimum absolute atomic E-state index is 0.367. The lowest BCUT2D eigenvalue weighted by Gasteiger charge is -2.13. The fourth-order valence-electron chi connectivity index (χ4n) is 0.348. The number of hydrogen-bond donors (Lipinski definition) is 2. The standard InChI is InChI=1S/C3H5ClN4/c4-3-1-2-6-8(5)7-3/h1-2,6H,5H2. The van der Waals surface area contributed by atoms with Crippen LogP contribution in [0.4, 0.5) is 0 Å². The van der Waals surface area contributed by atoms with Gasteiger partial charge in [0.25, 0.3) is 0 Å². The Morgan fingerprint density at radius 3 is 3.00 bits per heavy atom. The normalized spacial score (nSPS) is 17.8. The number of nitrogens with one attached hydrogen (secondary N) is 1. The first-order valence-electron chi connectivity index (χ1n) is 2.01. The average molecular weight is 133 g/mol. The molecule has 0 saturated carbocycles. The van der Waals surface area contributed by atoms with Gasteiger partial charge in [-0.05, 0) is 6.08 Å². The van der Waals surface area contributed by atoms with Gasteiger partial charge in [-0.3, -0.25) is 5.43 Å². The summed E-state index contributed by atoms with van der Waals surface area (Å²) in [5.74, 6) is 5.12. The van der Waals surface area contributed by atoms with Gasteiger partial charge >= 0.3 is 0 Å². The lowest BCUT2D eigenvalue weighted by molar-refractivity contribution is 0.238. The van der Waals surface area contributed by atoms with E-state index in [9.17, 15) is 0 Å². The minimum atomic E-state index is 0.367. The van der Waals surface area contributed by atoms with E-state index in [4.69, 9.17) is 17.4 Å². The van der Waals surface area contributed by atoms with Gasteiger partial charge in [-0.2, -0.15) is 0 Å². The molecule has 1 heterocycles. The van der Waals surface area contributed by atoms with E-state index in [0.29, 0.717) is 5.17 Å². The molecular weight excluding hydrogens is 128 g/mol. The van der Waals surface area contributed by atoms with E-state index in [-0.39, 0.29) is 0 Å². The average Bonchev–Trinajstić information content (AvgIpc) is 1.64. The first-order valence-corrected chi connectivity index (χ1v) is 2.38. The highest BCUT2D eigenvalue weighted by Crippen LogP contribution is 1.92. The Bertz CT molecular complexity index is 140. The van der Waals surface area contributed by atoms with Gasteiger partial charge in [0.1, 0.15) is 0 Å². The SMILES string of the molecule is NN1N=C(Cl)C=CN1. The third-order valence-corrected chi connectivity index (χ3v) is 0.833. The molecule has 0 aliphatic carbocycles. The molecule has 0 unspecified atom stereocenters. The Morgan fingerprint density at radius 1 is 1.88 bits per heavy atom. The number of nitrogens with two attached hydrogens (primary N) is 1. The second-order valence-corrected chi connectivity index (χ2v) is 1.62. The first kappa shape index (κ1) is 5.40. The lowest BCUT2D eigenvalue weighted by atomic mass is 10.6. The van der Waals surface area contributed by atoms with Crippen LogP contribution < -0.4 is 11.3 Å². The van der Waals surface area contributed by atoms with Crippen molar-refractivity contribution < 1.29 is 0 Å². The predicted molar refractivity (Wildman–Crippen MR) is 31.6 cm³/mol. The summed E-state index contributed by atoms with van der Waals surface area (Å²) in [6.07, 6.45) is 3.19. The van der Waals surface area contributed by atoms with E-state index >= 15 is 0 Å². The second-order valence-electron chi connectivity index (χ2n) is 1.23. The quantitative estimate of drug-likeness (QED) is 0.447. The Hall–Kier alpha value is -0.740. The highest BCUT2D eigenvalue weighted by atomic mass is 35.5. The first-order chi connectivity index (χ1) is 3.79. The van der Waals surface area contributed by atoms with Crippen LogP contribution in [0.5, 0.6) is 0 Å². The largest absolute Gasteiger partial charge is 0.275 e. The van der Waals surface area contributed by atoms with Gasteiger partial charge in [0.05, 0.1) is 0 Å². The summed E-state index contributed by atoms with van der Waals surface area (Å²) >= 11 is 5.41. The van der Waals surface area contributed by atoms with E-state index in [0.717, 1.165) is 5.23 Å². The molecule has 0 amide bonds. The van der Waals surface area contributed by atoms with E-state index in [1.165, 1.54) is 0 Å². The summed E-state index contributed by atoms with van der Waals surface area (Å²) in [5.41, 5.74) is 2.57. The van der Waals surface area contributed by atoms with Crippen LogP contribution in [0, 0.1) is 0 Å². The monoisotopic (exact) mass is 132 g/mol. The lowest BCUT2D eigenvalue weighted by Crippen LogP contribution is -2.38. The van der Waals surface area contributed by atoms with Crippen molar-refractivity contribution in [3.8, 4) is 0 Å². The molecule has 1 aliphatic heterocycles. The maximum Gasteiger partial charge on any atom is 0.154 e. The van der Waals surface area contributed by atoms with Crippen LogP contribution in [0.1, 0.15) is 0 Å². The molecule has 0 bridgehead atoms. The van der Waals surface area contributed by atoms with Crippen molar-refractivity contribution in [1.82, 2.24) is 10.7 Å². The van der Waals surface area contributed by atoms with Gasteiger partial charge in [0.2, 0.25) is 0 Å². The minimum Gasteiger partial charge on any atom is -0.275 e. The van der Waals surface area contributed by atoms with E-state index in [2.05, 4.69) is 10.5 Å². The third-order valence-electron chi connectivity index (χ3n) is 0.631. The summed E-state index contributed by atoms with van der Waals surface area (Å²) in [6, 6.07) is 0. The summed E-state index contributed by atoms with van der Waals surface area (Å²) in [4.78, 5) is 0. The van der Waals surface area contributed by atoms with Gasteiger partial charge in [-0.15, -0.1) is 10.3 Å². The molecule has 0 atom stereocenters. The zero-order valence-electron chi connectivity index (χ0n) is 4.00. The molecule has 0 radical (unpaired) electrons. The smallest absolute Gasteiger partial charge is 0.154 e. The van der Waals surface area contributed by atoms with E-state index in [1.54, 1.807) is 12.3 Å². The van der Waals surface area contributed by atoms with Crippen LogP contribution in [0.3, 0.4) is 0 Å². The number of halogens is 1. The van der Waals surface area contributed by atoms with Crippen molar-refractivity contribution in [1.29, 1.82) is 0 Å². The second kappa shape index (κ2) is 2.02. The molecule has 3 N–H and O–H groups in total. The van der Waals surface area contributed by atoms with E-state index < -0.39 is 0 Å². The maximum atomic E-state index is 5.41. The Labute approximate surface area is 51.5 Å². The molecule has 0 aromatic rings. The molecule has 1 rings (SSSR count). The molecular formula is C3H5ClN4. The van der Waals surface area contributed by atoms with Gasteiger partial charge in [0, 0.05) is 6.20 Å². The van der Waals surface area contributed by atoms with Crippen LogP contribution in [-0.4, -0.2) is 10.4 Å². The van der Waals surface area contributed by atoms with Crippen molar-refractivity contribution in [2.75, 3.05) is 0 Å². The number of allylic oxidation sites excluding steroid dienone is 1. The van der Waals surface area contributed by atoms with Crippen molar-refractivity contribution in [2.45, 2.75) is 0 Å². The molecule has 5 heteroatoms. The predicted octanol–water partition coefficient (Wildman–Crippen LogP) is -0.254. The summed E-state index contributed by atoms with van der Waals surface area (Å²) in [6.45, 7) is 0. The number of rotatable bonds is 0.